The Kier molecular flexibility index (Phi) is 6.65. The number of aromatic nitrogens is 2. The number of rotatable bonds is 5. The number of urea groups is 1. The van der Waals surface area contributed by atoms with Crippen molar-refractivity contribution in [3.05, 3.63) is 70.8 Å². The van der Waals surface area contributed by atoms with Crippen molar-refractivity contribution in [3.8, 4) is 0 Å². The molecule has 0 bridgehead atoms. The molecule has 1 aliphatic heterocycles. The summed E-state index contributed by atoms with van der Waals surface area (Å²) in [5.74, 6) is 0. The van der Waals surface area contributed by atoms with E-state index < -0.39 is 6.03 Å². The Morgan fingerprint density at radius 2 is 1.94 bits per heavy atom. The summed E-state index contributed by atoms with van der Waals surface area (Å²) >= 11 is 6.11. The lowest BCUT2D eigenvalue weighted by Gasteiger charge is -2.38. The molecule has 31 heavy (non-hydrogen) atoms. The molecule has 0 aliphatic carbocycles. The zero-order valence-corrected chi connectivity index (χ0v) is 18.2. The molecule has 3 aromatic rings. The molecule has 162 valence electrons. The average Bonchev–Trinajstić information content (AvgIpc) is 2.80. The van der Waals surface area contributed by atoms with Gasteiger partial charge in [-0.15, -0.1) is 0 Å². The maximum atomic E-state index is 11.8. The summed E-state index contributed by atoms with van der Waals surface area (Å²) in [5, 5.41) is 11.9. The largest absolute Gasteiger partial charge is 0.341 e. The fourth-order valence-electron chi connectivity index (χ4n) is 4.25. The van der Waals surface area contributed by atoms with Gasteiger partial charge >= 0.3 is 6.03 Å². The van der Waals surface area contributed by atoms with E-state index in [0.29, 0.717) is 31.2 Å². The van der Waals surface area contributed by atoms with Crippen LogP contribution in [0, 0.1) is 6.92 Å². The van der Waals surface area contributed by atoms with Crippen molar-refractivity contribution in [1.82, 2.24) is 25.2 Å². The van der Waals surface area contributed by atoms with Crippen LogP contribution in [-0.4, -0.2) is 50.1 Å². The number of hydroxylamine groups is 1. The van der Waals surface area contributed by atoms with E-state index in [1.165, 1.54) is 5.39 Å². The minimum atomic E-state index is -0.448. The number of nitrogens with one attached hydrogen (secondary N) is 1. The second-order valence-corrected chi connectivity index (χ2v) is 8.37. The summed E-state index contributed by atoms with van der Waals surface area (Å²) in [5.41, 5.74) is 4.80. The molecule has 0 radical (unpaired) electrons. The predicted octanol–water partition coefficient (Wildman–Crippen LogP) is 4.16. The molecular weight excluding hydrogens is 414 g/mol. The van der Waals surface area contributed by atoms with E-state index >= 15 is 0 Å². The molecular formula is C23H26ClN5O2. The summed E-state index contributed by atoms with van der Waals surface area (Å²) in [4.78, 5) is 25.1. The smallest absolute Gasteiger partial charge is 0.323 e. The lowest BCUT2D eigenvalue weighted by molar-refractivity contribution is 0.0854. The first-order valence-electron chi connectivity index (χ1n) is 10.4. The van der Waals surface area contributed by atoms with Crippen molar-refractivity contribution >= 4 is 28.4 Å². The first-order chi connectivity index (χ1) is 15.0. The van der Waals surface area contributed by atoms with Gasteiger partial charge in [-0.2, -0.15) is 0 Å². The third-order valence-electron chi connectivity index (χ3n) is 5.98. The summed E-state index contributed by atoms with van der Waals surface area (Å²) in [6.45, 7) is 4.55. The second-order valence-electron chi connectivity index (χ2n) is 7.94. The lowest BCUT2D eigenvalue weighted by atomic mass is 10.0. The van der Waals surface area contributed by atoms with Crippen LogP contribution < -0.4 is 5.48 Å². The molecule has 1 aliphatic rings. The molecule has 3 heterocycles. The third-order valence-corrected chi connectivity index (χ3v) is 6.19. The average molecular weight is 440 g/mol. The highest BCUT2D eigenvalue weighted by molar-refractivity contribution is 6.30. The number of likely N-dealkylation sites (tertiary alicyclic amines) is 1. The minimum Gasteiger partial charge on any atom is -0.323 e. The van der Waals surface area contributed by atoms with Gasteiger partial charge in [0.05, 0.1) is 16.4 Å². The number of carbonyl (C=O) groups is 1. The van der Waals surface area contributed by atoms with Gasteiger partial charge in [-0.05, 0) is 42.8 Å². The van der Waals surface area contributed by atoms with Crippen molar-refractivity contribution in [1.29, 1.82) is 0 Å². The molecule has 1 saturated heterocycles. The van der Waals surface area contributed by atoms with Gasteiger partial charge in [0.2, 0.25) is 0 Å². The number of hydrogen-bond donors (Lipinski definition) is 2. The van der Waals surface area contributed by atoms with E-state index in [9.17, 15) is 4.79 Å². The summed E-state index contributed by atoms with van der Waals surface area (Å²) in [7, 11) is 0. The summed E-state index contributed by atoms with van der Waals surface area (Å²) in [6, 6.07) is 12.1. The number of amides is 2. The van der Waals surface area contributed by atoms with Crippen molar-refractivity contribution < 1.29 is 10.0 Å². The van der Waals surface area contributed by atoms with Crippen LogP contribution in [0.5, 0.6) is 0 Å². The fraction of sp³-hybridized carbons (Fsp3) is 0.348. The van der Waals surface area contributed by atoms with Crippen LogP contribution in [0.1, 0.15) is 29.8 Å². The number of benzene rings is 1. The maximum Gasteiger partial charge on any atom is 0.341 e. The Labute approximate surface area is 186 Å². The Hall–Kier alpha value is -2.74. The summed E-state index contributed by atoms with van der Waals surface area (Å²) < 4.78 is 0. The number of hydrogen-bond acceptors (Lipinski definition) is 5. The highest BCUT2D eigenvalue weighted by atomic mass is 35.5. The molecule has 0 atom stereocenters. The molecule has 2 amide bonds. The van der Waals surface area contributed by atoms with Crippen LogP contribution in [0.4, 0.5) is 4.79 Å². The topological polar surface area (TPSA) is 81.6 Å². The molecule has 1 aromatic carbocycles. The number of piperidine rings is 1. The zero-order chi connectivity index (χ0) is 21.8. The van der Waals surface area contributed by atoms with Crippen LogP contribution in [-0.2, 0) is 13.1 Å². The van der Waals surface area contributed by atoms with E-state index in [0.717, 1.165) is 35.2 Å². The zero-order valence-electron chi connectivity index (χ0n) is 17.5. The standard InChI is InChI=1S/C23H26ClN5O2/c1-16-12-18(24)13-26-21(16)14-29(19-7-10-28(11-8-19)23(30)27-31)15-22-20-5-3-2-4-17(20)6-9-25-22/h2-6,9,12-13,19,31H,7-8,10-11,14-15H2,1H3,(H,27,30). The quantitative estimate of drug-likeness (QED) is 0.461. The normalized spacial score (nSPS) is 14.9. The molecule has 7 nitrogen and oxygen atoms in total. The Bertz CT molecular complexity index is 1060. The van der Waals surface area contributed by atoms with Crippen LogP contribution >= 0.6 is 11.6 Å². The van der Waals surface area contributed by atoms with E-state index in [2.05, 4.69) is 27.0 Å². The number of aryl methyl sites for hydroxylation is 1. The van der Waals surface area contributed by atoms with Gasteiger partial charge in [0.1, 0.15) is 0 Å². The first-order valence-corrected chi connectivity index (χ1v) is 10.8. The molecule has 0 unspecified atom stereocenters. The van der Waals surface area contributed by atoms with E-state index in [4.69, 9.17) is 16.8 Å². The van der Waals surface area contributed by atoms with Crippen LogP contribution in [0.2, 0.25) is 5.02 Å². The molecule has 4 rings (SSSR count). The van der Waals surface area contributed by atoms with E-state index in [1.54, 1.807) is 16.6 Å². The van der Waals surface area contributed by atoms with Crippen molar-refractivity contribution in [3.63, 3.8) is 0 Å². The summed E-state index contributed by atoms with van der Waals surface area (Å²) in [6.07, 6.45) is 5.16. The van der Waals surface area contributed by atoms with Gasteiger partial charge < -0.3 is 4.90 Å². The van der Waals surface area contributed by atoms with Crippen LogP contribution in [0.25, 0.3) is 10.8 Å². The van der Waals surface area contributed by atoms with Gasteiger partial charge in [0.25, 0.3) is 0 Å². The molecule has 0 saturated carbocycles. The molecule has 2 N–H and O–H groups in total. The van der Waals surface area contributed by atoms with Crippen LogP contribution in [0.15, 0.2) is 48.8 Å². The molecule has 2 aromatic heterocycles. The second kappa shape index (κ2) is 9.60. The fourth-order valence-corrected chi connectivity index (χ4v) is 4.46. The molecule has 0 spiro atoms. The molecule has 1 fully saturated rings. The van der Waals surface area contributed by atoms with Crippen LogP contribution in [0.3, 0.4) is 0 Å². The number of carbonyl (C=O) groups excluding carboxylic acids is 1. The van der Waals surface area contributed by atoms with Gasteiger partial charge in [-0.25, -0.2) is 10.3 Å². The Morgan fingerprint density at radius 1 is 1.19 bits per heavy atom. The van der Waals surface area contributed by atoms with E-state index in [1.807, 2.05) is 37.4 Å². The number of nitrogens with zero attached hydrogens (tertiary/aromatic N) is 4. The van der Waals surface area contributed by atoms with Crippen molar-refractivity contribution in [2.45, 2.75) is 38.9 Å². The maximum absolute atomic E-state index is 11.8. The SMILES string of the molecule is Cc1cc(Cl)cnc1CN(Cc1nccc2ccccc12)C1CCN(C(=O)NO)CC1. The highest BCUT2D eigenvalue weighted by Gasteiger charge is 2.28. The van der Waals surface area contributed by atoms with Gasteiger partial charge in [-0.1, -0.05) is 35.9 Å². The van der Waals surface area contributed by atoms with Crippen molar-refractivity contribution in [2.24, 2.45) is 0 Å². The Morgan fingerprint density at radius 3 is 2.68 bits per heavy atom. The lowest BCUT2D eigenvalue weighted by Crippen LogP contribution is -2.48. The minimum absolute atomic E-state index is 0.264. The third kappa shape index (κ3) is 4.95. The van der Waals surface area contributed by atoms with E-state index in [-0.39, 0.29) is 6.04 Å². The van der Waals surface area contributed by atoms with Gasteiger partial charge in [0, 0.05) is 50.0 Å². The Balaban J connectivity index is 1.60. The monoisotopic (exact) mass is 439 g/mol. The highest BCUT2D eigenvalue weighted by Crippen LogP contribution is 2.25. The molecule has 8 heteroatoms. The first kappa shape index (κ1) is 21.5. The predicted molar refractivity (Wildman–Crippen MR) is 120 cm³/mol. The number of halogens is 1. The van der Waals surface area contributed by atoms with Gasteiger partial charge in [-0.3, -0.25) is 20.1 Å². The van der Waals surface area contributed by atoms with Gasteiger partial charge in [0.15, 0.2) is 0 Å². The number of pyridine rings is 2. The van der Waals surface area contributed by atoms with Crippen molar-refractivity contribution in [2.75, 3.05) is 13.1 Å². The number of fused-ring (bicyclic) bond motifs is 1.